The molecule has 3 heteroatoms. The zero-order chi connectivity index (χ0) is 17.2. The van der Waals surface area contributed by atoms with Crippen LogP contribution in [0.2, 0.25) is 0 Å². The second-order valence-electron chi connectivity index (χ2n) is 5.99. The molecule has 0 heterocycles. The Bertz CT molecular complexity index is 948. The average Bonchev–Trinajstić information content (AvgIpc) is 2.95. The Morgan fingerprint density at radius 3 is 2.24 bits per heavy atom. The van der Waals surface area contributed by atoms with E-state index in [-0.39, 0.29) is 17.3 Å². The molecule has 1 aliphatic rings. The van der Waals surface area contributed by atoms with Crippen LogP contribution in [0.4, 0.5) is 10.1 Å². The topological polar surface area (TPSA) is 29.1 Å². The Balaban J connectivity index is 1.82. The number of para-hydroxylation sites is 1. The summed E-state index contributed by atoms with van der Waals surface area (Å²) in [5, 5.41) is 3.17. The molecule has 0 fully saturated rings. The molecular weight excluding hydrogens is 313 g/mol. The maximum Gasteiger partial charge on any atom is 0.194 e. The van der Waals surface area contributed by atoms with Gasteiger partial charge in [-0.3, -0.25) is 4.79 Å². The first kappa shape index (κ1) is 15.3. The Kier molecular flexibility index (Phi) is 3.90. The number of fused-ring (bicyclic) bond motifs is 1. The van der Waals surface area contributed by atoms with Gasteiger partial charge in [-0.1, -0.05) is 60.7 Å². The molecule has 25 heavy (non-hydrogen) atoms. The van der Waals surface area contributed by atoms with Crippen molar-refractivity contribution >= 4 is 11.5 Å². The van der Waals surface area contributed by atoms with E-state index in [1.54, 1.807) is 12.3 Å². The van der Waals surface area contributed by atoms with Crippen LogP contribution in [0.1, 0.15) is 27.4 Å². The lowest BCUT2D eigenvalue weighted by Gasteiger charge is -2.14. The van der Waals surface area contributed by atoms with Crippen LogP contribution in [0.25, 0.3) is 0 Å². The van der Waals surface area contributed by atoms with E-state index in [1.165, 1.54) is 6.07 Å². The Morgan fingerprint density at radius 2 is 1.52 bits per heavy atom. The normalized spacial score (nSPS) is 17.6. The van der Waals surface area contributed by atoms with Crippen molar-refractivity contribution < 1.29 is 9.18 Å². The molecule has 0 saturated carbocycles. The number of hydrogen-bond donors (Lipinski definition) is 1. The second kappa shape index (κ2) is 6.36. The number of halogens is 1. The highest BCUT2D eigenvalue weighted by Gasteiger charge is 2.37. The van der Waals surface area contributed by atoms with E-state index in [0.717, 1.165) is 16.8 Å². The molecule has 1 atom stereocenters. The minimum Gasteiger partial charge on any atom is -0.361 e. The molecule has 0 unspecified atom stereocenters. The predicted octanol–water partition coefficient (Wildman–Crippen LogP) is 5.15. The average molecular weight is 329 g/mol. The lowest BCUT2D eigenvalue weighted by atomic mass is 9.90. The molecule has 0 saturated heterocycles. The highest BCUT2D eigenvalue weighted by atomic mass is 19.1. The van der Waals surface area contributed by atoms with Crippen molar-refractivity contribution in [1.29, 1.82) is 0 Å². The van der Waals surface area contributed by atoms with Crippen molar-refractivity contribution in [3.63, 3.8) is 0 Å². The van der Waals surface area contributed by atoms with E-state index in [9.17, 15) is 9.18 Å². The van der Waals surface area contributed by atoms with E-state index in [1.807, 2.05) is 66.7 Å². The van der Waals surface area contributed by atoms with Gasteiger partial charge in [0.25, 0.3) is 0 Å². The van der Waals surface area contributed by atoms with Gasteiger partial charge in [0.15, 0.2) is 5.78 Å². The summed E-state index contributed by atoms with van der Waals surface area (Å²) in [6.45, 7) is 0. The number of ketones is 1. The van der Waals surface area contributed by atoms with Crippen molar-refractivity contribution in [2.75, 3.05) is 5.32 Å². The Morgan fingerprint density at radius 1 is 0.840 bits per heavy atom. The summed E-state index contributed by atoms with van der Waals surface area (Å²) >= 11 is 0. The number of nitrogens with one attached hydrogen (secondary N) is 1. The van der Waals surface area contributed by atoms with Crippen LogP contribution in [0.15, 0.2) is 90.6 Å². The molecule has 1 N–H and O–H groups in total. The van der Waals surface area contributed by atoms with Crippen LogP contribution >= 0.6 is 0 Å². The molecular formula is C22H16FNO. The lowest BCUT2D eigenvalue weighted by molar-refractivity contribution is 0.103. The zero-order valence-electron chi connectivity index (χ0n) is 13.4. The summed E-state index contributed by atoms with van der Waals surface area (Å²) in [6, 6.07) is 24.1. The third-order valence-electron chi connectivity index (χ3n) is 4.46. The van der Waals surface area contributed by atoms with Gasteiger partial charge in [0.1, 0.15) is 5.82 Å². The van der Waals surface area contributed by atoms with Gasteiger partial charge in [-0.25, -0.2) is 4.39 Å². The van der Waals surface area contributed by atoms with Gasteiger partial charge in [-0.2, -0.15) is 0 Å². The maximum atomic E-state index is 14.3. The molecule has 0 bridgehead atoms. The molecule has 0 amide bonds. The van der Waals surface area contributed by atoms with Crippen LogP contribution in [0, 0.1) is 5.82 Å². The quantitative estimate of drug-likeness (QED) is 0.673. The molecule has 0 aliphatic heterocycles. The lowest BCUT2D eigenvalue weighted by Crippen LogP contribution is -2.05. The van der Waals surface area contributed by atoms with Crippen molar-refractivity contribution in [2.45, 2.75) is 5.92 Å². The van der Waals surface area contributed by atoms with Crippen LogP contribution < -0.4 is 5.32 Å². The van der Waals surface area contributed by atoms with E-state index in [2.05, 4.69) is 5.32 Å². The monoisotopic (exact) mass is 329 g/mol. The molecule has 0 spiro atoms. The predicted molar refractivity (Wildman–Crippen MR) is 97.2 cm³/mol. The van der Waals surface area contributed by atoms with Crippen molar-refractivity contribution in [2.24, 2.45) is 0 Å². The largest absolute Gasteiger partial charge is 0.361 e. The second-order valence-corrected chi connectivity index (χ2v) is 5.99. The summed E-state index contributed by atoms with van der Waals surface area (Å²) in [5.74, 6) is -0.993. The Labute approximate surface area is 145 Å². The van der Waals surface area contributed by atoms with E-state index in [4.69, 9.17) is 0 Å². The summed E-state index contributed by atoms with van der Waals surface area (Å²) in [5.41, 5.74) is 3.30. The fraction of sp³-hybridized carbons (Fsp3) is 0.0455. The number of carbonyl (C=O) groups excluding carboxylic acids is 1. The third kappa shape index (κ3) is 2.74. The molecule has 0 aromatic heterocycles. The Hall–Kier alpha value is -3.20. The maximum absolute atomic E-state index is 14.3. The highest BCUT2D eigenvalue weighted by molar-refractivity contribution is 6.15. The smallest absolute Gasteiger partial charge is 0.194 e. The molecule has 4 rings (SSSR count). The first-order valence-electron chi connectivity index (χ1n) is 8.15. The summed E-state index contributed by atoms with van der Waals surface area (Å²) in [7, 11) is 0. The van der Waals surface area contributed by atoms with Crippen molar-refractivity contribution in [1.82, 2.24) is 0 Å². The first-order chi connectivity index (χ1) is 12.3. The van der Waals surface area contributed by atoms with Gasteiger partial charge in [0.2, 0.25) is 0 Å². The zero-order valence-corrected chi connectivity index (χ0v) is 13.4. The first-order valence-corrected chi connectivity index (χ1v) is 8.15. The van der Waals surface area contributed by atoms with Crippen molar-refractivity contribution in [3.8, 4) is 0 Å². The van der Waals surface area contributed by atoms with Gasteiger partial charge in [0.05, 0.1) is 5.56 Å². The minimum absolute atomic E-state index is 0.178. The number of anilines is 1. The van der Waals surface area contributed by atoms with Crippen LogP contribution in [0.5, 0.6) is 0 Å². The minimum atomic E-state index is -0.466. The van der Waals surface area contributed by atoms with Gasteiger partial charge in [-0.05, 0) is 29.3 Å². The highest BCUT2D eigenvalue weighted by Crippen LogP contribution is 2.42. The number of carbonyl (C=O) groups is 1. The van der Waals surface area contributed by atoms with E-state index in [0.29, 0.717) is 5.57 Å². The summed E-state index contributed by atoms with van der Waals surface area (Å²) in [4.78, 5) is 12.9. The number of allylic oxidation sites excluding steroid dienone is 1. The van der Waals surface area contributed by atoms with Gasteiger partial charge >= 0.3 is 0 Å². The fourth-order valence-electron chi connectivity index (χ4n) is 3.31. The molecule has 2 nitrogen and oxygen atoms in total. The SMILES string of the molecule is O=C1/C(=C\Nc2ccccc2)[C@H](c2ccccc2)c2cccc(F)c21. The molecule has 3 aromatic rings. The third-order valence-corrected chi connectivity index (χ3v) is 4.46. The molecule has 3 aromatic carbocycles. The van der Waals surface area contributed by atoms with E-state index < -0.39 is 5.82 Å². The summed E-state index contributed by atoms with van der Waals surface area (Å²) in [6.07, 6.45) is 1.70. The van der Waals surface area contributed by atoms with E-state index >= 15 is 0 Å². The fourth-order valence-corrected chi connectivity index (χ4v) is 3.31. The number of hydrogen-bond acceptors (Lipinski definition) is 2. The standard InChI is InChI=1S/C22H16FNO/c23-19-13-7-12-17-20(15-8-3-1-4-9-15)18(22(25)21(17)19)14-24-16-10-5-2-6-11-16/h1-14,20,24H/b18-14-/t20-/m1/s1. The van der Waals surface area contributed by atoms with Gasteiger partial charge in [-0.15, -0.1) is 0 Å². The van der Waals surface area contributed by atoms with Crippen molar-refractivity contribution in [3.05, 3.63) is 113 Å². The molecule has 1 aliphatic carbocycles. The van der Waals surface area contributed by atoms with Gasteiger partial charge in [0, 0.05) is 23.4 Å². The number of rotatable bonds is 3. The van der Waals surface area contributed by atoms with Crippen LogP contribution in [0.3, 0.4) is 0 Å². The molecule has 0 radical (unpaired) electrons. The van der Waals surface area contributed by atoms with Crippen LogP contribution in [-0.4, -0.2) is 5.78 Å². The number of benzene rings is 3. The molecule has 122 valence electrons. The van der Waals surface area contributed by atoms with Crippen LogP contribution in [-0.2, 0) is 0 Å². The summed E-state index contributed by atoms with van der Waals surface area (Å²) < 4.78 is 14.3. The van der Waals surface area contributed by atoms with Gasteiger partial charge < -0.3 is 5.32 Å². The number of Topliss-reactive ketones (excluding diaryl/α,β-unsaturated/α-hetero) is 1.